The number of hydrogen-bond acceptors (Lipinski definition) is 3. The van der Waals surface area contributed by atoms with Gasteiger partial charge in [0.05, 0.1) is 10.0 Å². The van der Waals surface area contributed by atoms with Crippen molar-refractivity contribution in [2.45, 2.75) is 19.3 Å². The highest BCUT2D eigenvalue weighted by molar-refractivity contribution is 6.42. The second kappa shape index (κ2) is 8.15. The maximum Gasteiger partial charge on any atom is 0.220 e. The van der Waals surface area contributed by atoms with Gasteiger partial charge in [0.1, 0.15) is 0 Å². The van der Waals surface area contributed by atoms with E-state index in [1.165, 1.54) is 6.07 Å². The number of Topliss-reactive ketones (excluding diaryl/α,β-unsaturated/α-hetero) is 1. The number of rotatable bonds is 7. The molecule has 19 heavy (non-hydrogen) atoms. The molecule has 0 saturated heterocycles. The summed E-state index contributed by atoms with van der Waals surface area (Å²) < 4.78 is 0. The second-order valence-corrected chi connectivity index (χ2v) is 4.79. The molecular weight excluding hydrogens is 289 g/mol. The molecule has 0 atom stereocenters. The van der Waals surface area contributed by atoms with Gasteiger partial charge in [0.15, 0.2) is 5.78 Å². The van der Waals surface area contributed by atoms with Gasteiger partial charge in [-0.3, -0.25) is 9.59 Å². The van der Waals surface area contributed by atoms with Gasteiger partial charge in [-0.1, -0.05) is 23.2 Å². The lowest BCUT2D eigenvalue weighted by atomic mass is 10.1. The van der Waals surface area contributed by atoms with Gasteiger partial charge >= 0.3 is 0 Å². The Balaban J connectivity index is 2.42. The summed E-state index contributed by atoms with van der Waals surface area (Å²) in [5.41, 5.74) is 0.442. The fourth-order valence-corrected chi connectivity index (χ4v) is 1.73. The minimum Gasteiger partial charge on any atom is -0.396 e. The number of aliphatic hydroxyl groups excluding tert-OH is 1. The maximum absolute atomic E-state index is 11.8. The first-order valence-electron chi connectivity index (χ1n) is 5.90. The molecule has 104 valence electrons. The van der Waals surface area contributed by atoms with Crippen molar-refractivity contribution in [3.8, 4) is 0 Å². The standard InChI is InChI=1S/C13H15Cl2NO3/c14-10-3-2-9(8-11(10)15)12(18)4-5-13(19)16-6-1-7-17/h2-3,8,17H,1,4-7H2,(H,16,19). The minimum absolute atomic E-state index is 0.0302. The SMILES string of the molecule is O=C(CCC(=O)c1ccc(Cl)c(Cl)c1)NCCCO. The summed E-state index contributed by atoms with van der Waals surface area (Å²) in [5, 5.41) is 11.9. The molecule has 0 radical (unpaired) electrons. The molecule has 2 N–H and O–H groups in total. The van der Waals surface area contributed by atoms with Crippen LogP contribution in [0.5, 0.6) is 0 Å². The predicted octanol–water partition coefficient (Wildman–Crippen LogP) is 2.45. The first-order chi connectivity index (χ1) is 9.04. The molecular formula is C13H15Cl2NO3. The summed E-state index contributed by atoms with van der Waals surface area (Å²) in [6, 6.07) is 4.63. The van der Waals surface area contributed by atoms with Gasteiger partial charge in [-0.15, -0.1) is 0 Å². The van der Waals surface area contributed by atoms with E-state index in [2.05, 4.69) is 5.32 Å². The number of amides is 1. The molecule has 0 unspecified atom stereocenters. The average molecular weight is 304 g/mol. The highest BCUT2D eigenvalue weighted by Crippen LogP contribution is 2.23. The average Bonchev–Trinajstić information content (AvgIpc) is 2.39. The van der Waals surface area contributed by atoms with Crippen molar-refractivity contribution in [2.75, 3.05) is 13.2 Å². The molecule has 0 spiro atoms. The lowest BCUT2D eigenvalue weighted by Crippen LogP contribution is -2.25. The highest BCUT2D eigenvalue weighted by atomic mass is 35.5. The van der Waals surface area contributed by atoms with Gasteiger partial charge in [0.2, 0.25) is 5.91 Å². The van der Waals surface area contributed by atoms with E-state index >= 15 is 0 Å². The molecule has 1 aromatic carbocycles. The first-order valence-corrected chi connectivity index (χ1v) is 6.66. The molecule has 1 rings (SSSR count). The van der Waals surface area contributed by atoms with Crippen LogP contribution in [0.4, 0.5) is 0 Å². The van der Waals surface area contributed by atoms with E-state index in [1.54, 1.807) is 12.1 Å². The number of benzene rings is 1. The Morgan fingerprint density at radius 2 is 1.89 bits per heavy atom. The summed E-state index contributed by atoms with van der Waals surface area (Å²) in [4.78, 5) is 23.2. The van der Waals surface area contributed by atoms with Crippen LogP contribution in [-0.4, -0.2) is 29.9 Å². The van der Waals surface area contributed by atoms with Crippen LogP contribution in [0.15, 0.2) is 18.2 Å². The molecule has 0 aromatic heterocycles. The third kappa shape index (κ3) is 5.59. The van der Waals surface area contributed by atoms with Crippen molar-refractivity contribution in [3.63, 3.8) is 0 Å². The van der Waals surface area contributed by atoms with Crippen molar-refractivity contribution in [1.29, 1.82) is 0 Å². The largest absolute Gasteiger partial charge is 0.396 e. The molecule has 1 aromatic rings. The Kier molecular flexibility index (Phi) is 6.84. The summed E-state index contributed by atoms with van der Waals surface area (Å²) >= 11 is 11.6. The Bertz CT molecular complexity index is 463. The lowest BCUT2D eigenvalue weighted by molar-refractivity contribution is -0.121. The number of ketones is 1. The van der Waals surface area contributed by atoms with Crippen LogP contribution in [0.1, 0.15) is 29.6 Å². The normalized spacial score (nSPS) is 10.3. The topological polar surface area (TPSA) is 66.4 Å². The Labute approximate surface area is 121 Å². The number of halogens is 2. The van der Waals surface area contributed by atoms with Crippen molar-refractivity contribution >= 4 is 34.9 Å². The molecule has 0 aliphatic carbocycles. The van der Waals surface area contributed by atoms with Crippen molar-refractivity contribution in [2.24, 2.45) is 0 Å². The fraction of sp³-hybridized carbons (Fsp3) is 0.385. The molecule has 4 nitrogen and oxygen atoms in total. The van der Waals surface area contributed by atoms with Gasteiger partial charge < -0.3 is 10.4 Å². The molecule has 0 bridgehead atoms. The summed E-state index contributed by atoms with van der Waals surface area (Å²) in [6.45, 7) is 0.443. The van der Waals surface area contributed by atoms with Crippen LogP contribution in [0, 0.1) is 0 Å². The minimum atomic E-state index is -0.207. The number of carbonyl (C=O) groups is 2. The number of aliphatic hydroxyl groups is 1. The van der Waals surface area contributed by atoms with E-state index in [0.717, 1.165) is 0 Å². The van der Waals surface area contributed by atoms with E-state index in [1.807, 2.05) is 0 Å². The zero-order chi connectivity index (χ0) is 14.3. The van der Waals surface area contributed by atoms with Gasteiger partial charge in [-0.2, -0.15) is 0 Å². The maximum atomic E-state index is 11.8. The van der Waals surface area contributed by atoms with Crippen LogP contribution in [0.2, 0.25) is 10.0 Å². The molecule has 0 heterocycles. The van der Waals surface area contributed by atoms with Crippen LogP contribution < -0.4 is 5.32 Å². The van der Waals surface area contributed by atoms with Gasteiger partial charge in [0.25, 0.3) is 0 Å². The molecule has 0 saturated carbocycles. The quantitative estimate of drug-likeness (QED) is 0.600. The smallest absolute Gasteiger partial charge is 0.220 e. The Hall–Kier alpha value is -1.10. The van der Waals surface area contributed by atoms with Gasteiger partial charge in [0, 0.05) is 31.6 Å². The Morgan fingerprint density at radius 1 is 1.16 bits per heavy atom. The van der Waals surface area contributed by atoms with Gasteiger partial charge in [-0.05, 0) is 24.6 Å². The Morgan fingerprint density at radius 3 is 2.53 bits per heavy atom. The van der Waals surface area contributed by atoms with E-state index in [0.29, 0.717) is 28.6 Å². The number of nitrogens with one attached hydrogen (secondary N) is 1. The molecule has 0 aliphatic rings. The summed E-state index contributed by atoms with van der Waals surface area (Å²) in [7, 11) is 0. The van der Waals surface area contributed by atoms with E-state index in [4.69, 9.17) is 28.3 Å². The molecule has 1 amide bonds. The highest BCUT2D eigenvalue weighted by Gasteiger charge is 2.10. The zero-order valence-corrected chi connectivity index (χ0v) is 11.8. The van der Waals surface area contributed by atoms with Gasteiger partial charge in [-0.25, -0.2) is 0 Å². The molecule has 6 heteroatoms. The van der Waals surface area contributed by atoms with E-state index in [9.17, 15) is 9.59 Å². The van der Waals surface area contributed by atoms with E-state index < -0.39 is 0 Å². The molecule has 0 aliphatic heterocycles. The zero-order valence-electron chi connectivity index (χ0n) is 10.3. The van der Waals surface area contributed by atoms with Crippen molar-refractivity contribution in [3.05, 3.63) is 33.8 Å². The monoisotopic (exact) mass is 303 g/mol. The van der Waals surface area contributed by atoms with Crippen molar-refractivity contribution in [1.82, 2.24) is 5.32 Å². The number of hydrogen-bond donors (Lipinski definition) is 2. The summed E-state index contributed by atoms with van der Waals surface area (Å²) in [6.07, 6.45) is 0.736. The second-order valence-electron chi connectivity index (χ2n) is 3.98. The van der Waals surface area contributed by atoms with Crippen LogP contribution in [0.3, 0.4) is 0 Å². The lowest BCUT2D eigenvalue weighted by Gasteiger charge is -2.04. The predicted molar refractivity (Wildman–Crippen MR) is 74.7 cm³/mol. The van der Waals surface area contributed by atoms with Crippen LogP contribution in [-0.2, 0) is 4.79 Å². The van der Waals surface area contributed by atoms with Crippen LogP contribution in [0.25, 0.3) is 0 Å². The third-order valence-electron chi connectivity index (χ3n) is 2.48. The van der Waals surface area contributed by atoms with E-state index in [-0.39, 0.29) is 31.1 Å². The van der Waals surface area contributed by atoms with Crippen molar-refractivity contribution < 1.29 is 14.7 Å². The third-order valence-corrected chi connectivity index (χ3v) is 3.22. The molecule has 0 fully saturated rings. The first kappa shape index (κ1) is 16.0. The summed E-state index contributed by atoms with van der Waals surface area (Å²) in [5.74, 6) is -0.363. The van der Waals surface area contributed by atoms with Crippen LogP contribution >= 0.6 is 23.2 Å². The fourth-order valence-electron chi connectivity index (χ4n) is 1.44. The number of carbonyl (C=O) groups excluding carboxylic acids is 2.